The van der Waals surface area contributed by atoms with Crippen molar-refractivity contribution in [1.82, 2.24) is 0 Å². The molecule has 1 heteroatoms. The zero-order valence-corrected chi connectivity index (χ0v) is 12.2. The molecule has 0 aliphatic carbocycles. The van der Waals surface area contributed by atoms with E-state index in [-0.39, 0.29) is 11.5 Å². The Bertz CT molecular complexity index is 316. The first-order chi connectivity index (χ1) is 8.59. The number of rotatable bonds is 8. The van der Waals surface area contributed by atoms with Crippen LogP contribution >= 0.6 is 0 Å². The molecule has 1 atom stereocenters. The van der Waals surface area contributed by atoms with Crippen molar-refractivity contribution < 1.29 is 5.11 Å². The summed E-state index contributed by atoms with van der Waals surface area (Å²) in [5, 5.41) is 10.4. The Hall–Kier alpha value is -0.820. The molecule has 1 N–H and O–H groups in total. The van der Waals surface area contributed by atoms with E-state index in [2.05, 4.69) is 32.9 Å². The molecule has 0 aromatic heterocycles. The van der Waals surface area contributed by atoms with Crippen LogP contribution in [0.3, 0.4) is 0 Å². The predicted octanol–water partition coefficient (Wildman–Crippen LogP) is 4.69. The molecule has 1 aromatic carbocycles. The number of benzene rings is 1. The molecule has 1 nitrogen and oxygen atoms in total. The van der Waals surface area contributed by atoms with Crippen LogP contribution in [0.1, 0.15) is 64.9 Å². The second-order valence-electron chi connectivity index (χ2n) is 5.81. The highest BCUT2D eigenvalue weighted by Crippen LogP contribution is 2.29. The Morgan fingerprint density at radius 3 is 2.22 bits per heavy atom. The smallest absolute Gasteiger partial charge is 0.0631 e. The fourth-order valence-corrected chi connectivity index (χ4v) is 2.36. The number of hydrogen-bond donors (Lipinski definition) is 1. The third-order valence-electron chi connectivity index (χ3n) is 3.93. The van der Waals surface area contributed by atoms with Crippen molar-refractivity contribution in [3.8, 4) is 0 Å². The van der Waals surface area contributed by atoms with Crippen molar-refractivity contribution in [2.24, 2.45) is 0 Å². The third kappa shape index (κ3) is 4.45. The lowest BCUT2D eigenvalue weighted by molar-refractivity contribution is 0.0884. The molecule has 0 saturated heterocycles. The maximum Gasteiger partial charge on any atom is 0.0631 e. The third-order valence-corrected chi connectivity index (χ3v) is 3.93. The second kappa shape index (κ2) is 7.58. The topological polar surface area (TPSA) is 20.2 Å². The highest BCUT2D eigenvalue weighted by molar-refractivity contribution is 5.24. The normalized spacial score (nSPS) is 13.6. The lowest BCUT2D eigenvalue weighted by Gasteiger charge is -2.31. The van der Waals surface area contributed by atoms with E-state index in [4.69, 9.17) is 0 Å². The molecule has 0 radical (unpaired) electrons. The quantitative estimate of drug-likeness (QED) is 0.662. The summed E-state index contributed by atoms with van der Waals surface area (Å²) in [6.07, 6.45) is 6.94. The molecule has 0 bridgehead atoms. The van der Waals surface area contributed by atoms with Crippen LogP contribution in [0.5, 0.6) is 0 Å². The summed E-state index contributed by atoms with van der Waals surface area (Å²) in [4.78, 5) is 0. The molecule has 0 heterocycles. The fourth-order valence-electron chi connectivity index (χ4n) is 2.36. The van der Waals surface area contributed by atoms with Gasteiger partial charge < -0.3 is 5.11 Å². The van der Waals surface area contributed by atoms with Crippen molar-refractivity contribution in [2.45, 2.75) is 70.8 Å². The minimum atomic E-state index is -0.249. The van der Waals surface area contributed by atoms with Crippen molar-refractivity contribution in [2.75, 3.05) is 0 Å². The summed E-state index contributed by atoms with van der Waals surface area (Å²) in [6, 6.07) is 10.3. The van der Waals surface area contributed by atoms with Gasteiger partial charge in [-0.2, -0.15) is 0 Å². The van der Waals surface area contributed by atoms with Crippen LogP contribution in [0.2, 0.25) is 0 Å². The van der Waals surface area contributed by atoms with Crippen LogP contribution in [0, 0.1) is 0 Å². The molecule has 0 fully saturated rings. The van der Waals surface area contributed by atoms with Crippen LogP contribution < -0.4 is 0 Å². The number of hydrogen-bond acceptors (Lipinski definition) is 1. The van der Waals surface area contributed by atoms with Crippen molar-refractivity contribution in [3.05, 3.63) is 35.9 Å². The summed E-state index contributed by atoms with van der Waals surface area (Å²) >= 11 is 0. The highest BCUT2D eigenvalue weighted by Gasteiger charge is 2.28. The van der Waals surface area contributed by atoms with Gasteiger partial charge in [0.1, 0.15) is 0 Å². The Labute approximate surface area is 112 Å². The average Bonchev–Trinajstić information content (AvgIpc) is 2.39. The zero-order chi connectivity index (χ0) is 13.4. The maximum atomic E-state index is 10.4. The summed E-state index contributed by atoms with van der Waals surface area (Å²) in [5.74, 6) is 0. The number of aliphatic hydroxyl groups excluding tert-OH is 1. The summed E-state index contributed by atoms with van der Waals surface area (Å²) in [5.41, 5.74) is 1.08. The van der Waals surface area contributed by atoms with Gasteiger partial charge >= 0.3 is 0 Å². The Morgan fingerprint density at radius 2 is 1.61 bits per heavy atom. The van der Waals surface area contributed by atoms with E-state index in [9.17, 15) is 5.11 Å². The Kier molecular flexibility index (Phi) is 6.42. The van der Waals surface area contributed by atoms with E-state index in [0.29, 0.717) is 0 Å². The van der Waals surface area contributed by atoms with Crippen LogP contribution in [0.4, 0.5) is 0 Å². The predicted molar refractivity (Wildman–Crippen MR) is 78.9 cm³/mol. The zero-order valence-electron chi connectivity index (χ0n) is 12.2. The number of unbranched alkanes of at least 4 members (excludes halogenated alkanes) is 4. The van der Waals surface area contributed by atoms with Gasteiger partial charge in [-0.15, -0.1) is 0 Å². The van der Waals surface area contributed by atoms with Crippen molar-refractivity contribution in [3.63, 3.8) is 0 Å². The van der Waals surface area contributed by atoms with Gasteiger partial charge in [0, 0.05) is 5.41 Å². The summed E-state index contributed by atoms with van der Waals surface area (Å²) in [7, 11) is 0. The van der Waals surface area contributed by atoms with E-state index in [0.717, 1.165) is 12.8 Å². The molecule has 0 amide bonds. The largest absolute Gasteiger partial charge is 0.392 e. The fraction of sp³-hybridized carbons (Fsp3) is 0.647. The van der Waals surface area contributed by atoms with Gasteiger partial charge in [0.2, 0.25) is 0 Å². The highest BCUT2D eigenvalue weighted by atomic mass is 16.3. The molecular formula is C17H28O. The lowest BCUT2D eigenvalue weighted by atomic mass is 9.77. The molecule has 18 heavy (non-hydrogen) atoms. The van der Waals surface area contributed by atoms with E-state index < -0.39 is 0 Å². The number of aliphatic hydroxyl groups is 1. The molecule has 0 spiro atoms. The van der Waals surface area contributed by atoms with E-state index >= 15 is 0 Å². The van der Waals surface area contributed by atoms with Gasteiger partial charge in [-0.25, -0.2) is 0 Å². The van der Waals surface area contributed by atoms with Crippen LogP contribution in [0.25, 0.3) is 0 Å². The first-order valence-electron chi connectivity index (χ1n) is 7.32. The van der Waals surface area contributed by atoms with E-state index in [1.807, 2.05) is 18.2 Å². The van der Waals surface area contributed by atoms with Crippen LogP contribution in [-0.2, 0) is 5.41 Å². The van der Waals surface area contributed by atoms with Crippen LogP contribution in [-0.4, -0.2) is 11.2 Å². The van der Waals surface area contributed by atoms with Gasteiger partial charge in [-0.05, 0) is 12.0 Å². The lowest BCUT2D eigenvalue weighted by Crippen LogP contribution is -2.33. The molecule has 0 aliphatic heterocycles. The van der Waals surface area contributed by atoms with Crippen LogP contribution in [0.15, 0.2) is 30.3 Å². The van der Waals surface area contributed by atoms with E-state index in [1.54, 1.807) is 0 Å². The summed E-state index contributed by atoms with van der Waals surface area (Å²) in [6.45, 7) is 6.51. The van der Waals surface area contributed by atoms with Gasteiger partial charge in [0.15, 0.2) is 0 Å². The molecule has 1 aromatic rings. The molecular weight excluding hydrogens is 220 g/mol. The van der Waals surface area contributed by atoms with Gasteiger partial charge in [0.05, 0.1) is 6.10 Å². The van der Waals surface area contributed by atoms with Gasteiger partial charge in [0.25, 0.3) is 0 Å². The first-order valence-corrected chi connectivity index (χ1v) is 7.32. The monoisotopic (exact) mass is 248 g/mol. The standard InChI is InChI=1S/C17H28O/c1-4-5-6-7-11-14-16(18)17(2,3)15-12-9-8-10-13-15/h8-10,12-13,16,18H,4-7,11,14H2,1-3H3. The maximum absolute atomic E-state index is 10.4. The molecule has 1 unspecified atom stereocenters. The van der Waals surface area contributed by atoms with Crippen molar-refractivity contribution in [1.29, 1.82) is 0 Å². The molecule has 102 valence electrons. The average molecular weight is 248 g/mol. The minimum absolute atomic E-state index is 0.147. The molecule has 1 rings (SSSR count). The second-order valence-corrected chi connectivity index (χ2v) is 5.81. The van der Waals surface area contributed by atoms with Gasteiger partial charge in [-0.3, -0.25) is 0 Å². The minimum Gasteiger partial charge on any atom is -0.392 e. The first kappa shape index (κ1) is 15.2. The van der Waals surface area contributed by atoms with Crippen molar-refractivity contribution >= 4 is 0 Å². The molecule has 0 aliphatic rings. The van der Waals surface area contributed by atoms with Gasteiger partial charge in [-0.1, -0.05) is 83.2 Å². The Morgan fingerprint density at radius 1 is 1.00 bits per heavy atom. The molecule has 0 saturated carbocycles. The SMILES string of the molecule is CCCCCCCC(O)C(C)(C)c1ccccc1. The Balaban J connectivity index is 2.42. The van der Waals surface area contributed by atoms with E-state index in [1.165, 1.54) is 31.2 Å². The summed E-state index contributed by atoms with van der Waals surface area (Å²) < 4.78 is 0.